The standard InChI is InChI=1S/C13H10Br2N2S/c14-8-1-4-10(5-2-8)17-12-7-9(15)3-6-11(12)13(16)18/h1-7,17H,(H2,16,18). The first-order valence-electron chi connectivity index (χ1n) is 5.18. The third-order valence-electron chi connectivity index (χ3n) is 2.37. The van der Waals surface area contributed by atoms with Gasteiger partial charge in [0.15, 0.2) is 0 Å². The lowest BCUT2D eigenvalue weighted by molar-refractivity contribution is 1.50. The van der Waals surface area contributed by atoms with Gasteiger partial charge in [-0.25, -0.2) is 0 Å². The fourth-order valence-corrected chi connectivity index (χ4v) is 2.33. The Bertz CT molecular complexity index is 582. The van der Waals surface area contributed by atoms with E-state index in [4.69, 9.17) is 18.0 Å². The fraction of sp³-hybridized carbons (Fsp3) is 0. The van der Waals surface area contributed by atoms with E-state index in [-0.39, 0.29) is 0 Å². The Morgan fingerprint density at radius 3 is 2.22 bits per heavy atom. The minimum absolute atomic E-state index is 0.377. The molecule has 0 aliphatic rings. The summed E-state index contributed by atoms with van der Waals surface area (Å²) in [6.45, 7) is 0. The highest BCUT2D eigenvalue weighted by Gasteiger charge is 2.06. The topological polar surface area (TPSA) is 38.0 Å². The second-order valence-corrected chi connectivity index (χ2v) is 5.96. The largest absolute Gasteiger partial charge is 0.389 e. The van der Waals surface area contributed by atoms with Crippen LogP contribution in [0.4, 0.5) is 11.4 Å². The number of thiocarbonyl (C=S) groups is 1. The Balaban J connectivity index is 2.35. The number of benzene rings is 2. The maximum absolute atomic E-state index is 5.71. The number of rotatable bonds is 3. The van der Waals surface area contributed by atoms with Crippen molar-refractivity contribution in [1.82, 2.24) is 0 Å². The Hall–Kier alpha value is -0.910. The number of nitrogens with two attached hydrogens (primary N) is 1. The summed E-state index contributed by atoms with van der Waals surface area (Å²) in [5, 5.41) is 3.30. The lowest BCUT2D eigenvalue weighted by atomic mass is 10.1. The molecule has 5 heteroatoms. The first-order valence-corrected chi connectivity index (χ1v) is 7.17. The van der Waals surface area contributed by atoms with E-state index in [1.54, 1.807) is 0 Å². The molecule has 0 aliphatic heterocycles. The molecule has 0 unspecified atom stereocenters. The van der Waals surface area contributed by atoms with E-state index in [0.717, 1.165) is 25.9 Å². The third-order valence-corrected chi connectivity index (χ3v) is 3.61. The van der Waals surface area contributed by atoms with Crippen LogP contribution in [-0.4, -0.2) is 4.99 Å². The van der Waals surface area contributed by atoms with Crippen molar-refractivity contribution in [3.05, 3.63) is 57.0 Å². The predicted octanol–water partition coefficient (Wildman–Crippen LogP) is 4.59. The minimum Gasteiger partial charge on any atom is -0.389 e. The summed E-state index contributed by atoms with van der Waals surface area (Å²) in [5.41, 5.74) is 8.41. The summed E-state index contributed by atoms with van der Waals surface area (Å²) in [6, 6.07) is 13.7. The van der Waals surface area contributed by atoms with Crippen molar-refractivity contribution >= 4 is 60.4 Å². The molecule has 0 amide bonds. The van der Waals surface area contributed by atoms with E-state index in [1.165, 1.54) is 0 Å². The van der Waals surface area contributed by atoms with Crippen LogP contribution in [0.2, 0.25) is 0 Å². The Kier molecular flexibility index (Phi) is 4.37. The number of nitrogens with one attached hydrogen (secondary N) is 1. The van der Waals surface area contributed by atoms with E-state index in [9.17, 15) is 0 Å². The first-order chi connectivity index (χ1) is 8.56. The minimum atomic E-state index is 0.377. The van der Waals surface area contributed by atoms with Crippen molar-refractivity contribution in [3.63, 3.8) is 0 Å². The van der Waals surface area contributed by atoms with Crippen LogP contribution in [0.1, 0.15) is 5.56 Å². The molecule has 0 bridgehead atoms. The summed E-state index contributed by atoms with van der Waals surface area (Å²) < 4.78 is 2.01. The van der Waals surface area contributed by atoms with Gasteiger partial charge < -0.3 is 11.1 Å². The van der Waals surface area contributed by atoms with Crippen LogP contribution in [-0.2, 0) is 0 Å². The van der Waals surface area contributed by atoms with Crippen molar-refractivity contribution < 1.29 is 0 Å². The molecule has 2 aromatic carbocycles. The van der Waals surface area contributed by atoms with E-state index in [0.29, 0.717) is 4.99 Å². The van der Waals surface area contributed by atoms with Crippen molar-refractivity contribution in [2.45, 2.75) is 0 Å². The molecule has 0 atom stereocenters. The highest BCUT2D eigenvalue weighted by molar-refractivity contribution is 9.10. The molecular weight excluding hydrogens is 376 g/mol. The molecular formula is C13H10Br2N2S. The van der Waals surface area contributed by atoms with Gasteiger partial charge in [-0.15, -0.1) is 0 Å². The van der Waals surface area contributed by atoms with Gasteiger partial charge in [0, 0.05) is 25.9 Å². The van der Waals surface area contributed by atoms with Crippen LogP contribution >= 0.6 is 44.1 Å². The molecule has 0 saturated heterocycles. The molecule has 0 radical (unpaired) electrons. The van der Waals surface area contributed by atoms with Gasteiger partial charge in [0.25, 0.3) is 0 Å². The van der Waals surface area contributed by atoms with Gasteiger partial charge in [0.2, 0.25) is 0 Å². The molecule has 92 valence electrons. The summed E-state index contributed by atoms with van der Waals surface area (Å²) in [4.78, 5) is 0.377. The molecule has 0 spiro atoms. The van der Waals surface area contributed by atoms with Crippen LogP contribution < -0.4 is 11.1 Å². The van der Waals surface area contributed by atoms with Gasteiger partial charge >= 0.3 is 0 Å². The van der Waals surface area contributed by atoms with Crippen LogP contribution in [0.3, 0.4) is 0 Å². The Morgan fingerprint density at radius 2 is 1.61 bits per heavy atom. The lowest BCUT2D eigenvalue weighted by Crippen LogP contribution is -2.11. The molecule has 18 heavy (non-hydrogen) atoms. The molecule has 0 aromatic heterocycles. The smallest absolute Gasteiger partial charge is 0.106 e. The highest BCUT2D eigenvalue weighted by atomic mass is 79.9. The number of hydrogen-bond donors (Lipinski definition) is 2. The predicted molar refractivity (Wildman–Crippen MR) is 87.5 cm³/mol. The van der Waals surface area contributed by atoms with Gasteiger partial charge in [0.05, 0.1) is 0 Å². The number of anilines is 2. The zero-order valence-corrected chi connectivity index (χ0v) is 13.3. The monoisotopic (exact) mass is 384 g/mol. The lowest BCUT2D eigenvalue weighted by Gasteiger charge is -2.12. The van der Waals surface area contributed by atoms with Crippen LogP contribution in [0.25, 0.3) is 0 Å². The molecule has 0 saturated carbocycles. The Labute approximate surface area is 128 Å². The summed E-state index contributed by atoms with van der Waals surface area (Å²) >= 11 is 11.9. The molecule has 3 N–H and O–H groups in total. The third kappa shape index (κ3) is 3.31. The summed E-state index contributed by atoms with van der Waals surface area (Å²) in [5.74, 6) is 0. The second kappa shape index (κ2) is 5.82. The maximum Gasteiger partial charge on any atom is 0.106 e. The Morgan fingerprint density at radius 1 is 1.00 bits per heavy atom. The molecule has 2 nitrogen and oxygen atoms in total. The van der Waals surface area contributed by atoms with E-state index in [1.807, 2.05) is 42.5 Å². The summed E-state index contributed by atoms with van der Waals surface area (Å²) in [6.07, 6.45) is 0. The average Bonchev–Trinajstić information content (AvgIpc) is 2.32. The molecule has 2 aromatic rings. The quantitative estimate of drug-likeness (QED) is 0.759. The second-order valence-electron chi connectivity index (χ2n) is 3.69. The normalized spacial score (nSPS) is 10.1. The zero-order valence-electron chi connectivity index (χ0n) is 9.28. The van der Waals surface area contributed by atoms with Crippen LogP contribution in [0.5, 0.6) is 0 Å². The number of halogens is 2. The van der Waals surface area contributed by atoms with Crippen LogP contribution in [0.15, 0.2) is 51.4 Å². The molecule has 2 rings (SSSR count). The highest BCUT2D eigenvalue weighted by Crippen LogP contribution is 2.25. The fourth-order valence-electron chi connectivity index (χ4n) is 1.52. The average molecular weight is 386 g/mol. The van der Waals surface area contributed by atoms with Gasteiger partial charge in [-0.3, -0.25) is 0 Å². The molecule has 0 heterocycles. The van der Waals surface area contributed by atoms with E-state index < -0.39 is 0 Å². The van der Waals surface area contributed by atoms with Gasteiger partial charge in [-0.2, -0.15) is 0 Å². The SMILES string of the molecule is NC(=S)c1ccc(Br)cc1Nc1ccc(Br)cc1. The van der Waals surface area contributed by atoms with Gasteiger partial charge in [0.1, 0.15) is 4.99 Å². The maximum atomic E-state index is 5.71. The number of hydrogen-bond acceptors (Lipinski definition) is 2. The van der Waals surface area contributed by atoms with Crippen molar-refractivity contribution in [2.75, 3.05) is 5.32 Å². The van der Waals surface area contributed by atoms with Gasteiger partial charge in [-0.05, 0) is 42.5 Å². The zero-order chi connectivity index (χ0) is 13.1. The van der Waals surface area contributed by atoms with E-state index >= 15 is 0 Å². The molecule has 0 aliphatic carbocycles. The first kappa shape index (κ1) is 13.5. The van der Waals surface area contributed by atoms with Gasteiger partial charge in [-0.1, -0.05) is 44.1 Å². The summed E-state index contributed by atoms with van der Waals surface area (Å²) in [7, 11) is 0. The van der Waals surface area contributed by atoms with Crippen molar-refractivity contribution in [3.8, 4) is 0 Å². The van der Waals surface area contributed by atoms with Crippen molar-refractivity contribution in [2.24, 2.45) is 5.73 Å². The van der Waals surface area contributed by atoms with E-state index in [2.05, 4.69) is 37.2 Å². The van der Waals surface area contributed by atoms with Crippen molar-refractivity contribution in [1.29, 1.82) is 0 Å². The van der Waals surface area contributed by atoms with Crippen LogP contribution in [0, 0.1) is 0 Å². The molecule has 0 fully saturated rings.